The second-order valence-electron chi connectivity index (χ2n) is 8.24. The van der Waals surface area contributed by atoms with Crippen LogP contribution in [0.3, 0.4) is 0 Å². The van der Waals surface area contributed by atoms with Gasteiger partial charge in [0, 0.05) is 19.6 Å². The summed E-state index contributed by atoms with van der Waals surface area (Å²) in [6.45, 7) is 3.17. The molecule has 0 saturated carbocycles. The number of sulfonamides is 1. The van der Waals surface area contributed by atoms with Crippen molar-refractivity contribution in [3.05, 3.63) is 53.1 Å². The predicted octanol–water partition coefficient (Wildman–Crippen LogP) is 3.27. The minimum atomic E-state index is -3.78. The van der Waals surface area contributed by atoms with Crippen LogP contribution in [0.15, 0.2) is 47.4 Å². The zero-order valence-corrected chi connectivity index (χ0v) is 20.5. The fraction of sp³-hybridized carbons (Fsp3) is 0.417. The highest BCUT2D eigenvalue weighted by atomic mass is 35.5. The molecule has 1 fully saturated rings. The van der Waals surface area contributed by atoms with Gasteiger partial charge in [-0.1, -0.05) is 29.8 Å². The van der Waals surface area contributed by atoms with E-state index >= 15 is 0 Å². The van der Waals surface area contributed by atoms with Crippen LogP contribution in [0, 0.1) is 5.92 Å². The van der Waals surface area contributed by atoms with Gasteiger partial charge in [0.15, 0.2) is 6.61 Å². The summed E-state index contributed by atoms with van der Waals surface area (Å²) in [6.07, 6.45) is 1.76. The summed E-state index contributed by atoms with van der Waals surface area (Å²) < 4.78 is 38.4. The topological polar surface area (TPSA) is 93.2 Å². The Labute approximate surface area is 204 Å². The van der Waals surface area contributed by atoms with E-state index in [0.717, 1.165) is 5.56 Å². The molecule has 10 heteroatoms. The van der Waals surface area contributed by atoms with E-state index in [9.17, 15) is 18.0 Å². The van der Waals surface area contributed by atoms with Crippen LogP contribution in [0.4, 0.5) is 5.69 Å². The van der Waals surface area contributed by atoms with Crippen LogP contribution in [-0.2, 0) is 30.8 Å². The monoisotopic (exact) mass is 506 g/mol. The van der Waals surface area contributed by atoms with E-state index in [4.69, 9.17) is 21.1 Å². The van der Waals surface area contributed by atoms with Gasteiger partial charge in [-0.25, -0.2) is 8.42 Å². The smallest absolute Gasteiger partial charge is 0.309 e. The van der Waals surface area contributed by atoms with Gasteiger partial charge >= 0.3 is 5.97 Å². The van der Waals surface area contributed by atoms with E-state index in [1.165, 1.54) is 22.5 Å². The van der Waals surface area contributed by atoms with Gasteiger partial charge in [0.1, 0.15) is 5.75 Å². The Morgan fingerprint density at radius 1 is 1.09 bits per heavy atom. The molecule has 0 N–H and O–H groups in total. The SMILES string of the molecule is CCOC(=O)C1CCN(C(=O)COc2ccc(S(=O)(=O)N3CCc4ccccc43)cc2Cl)CC1. The van der Waals surface area contributed by atoms with Gasteiger partial charge in [-0.05, 0) is 56.0 Å². The minimum Gasteiger partial charge on any atom is -0.482 e. The van der Waals surface area contributed by atoms with E-state index in [1.54, 1.807) is 17.9 Å². The van der Waals surface area contributed by atoms with Crippen molar-refractivity contribution in [3.63, 3.8) is 0 Å². The Hall–Kier alpha value is -2.78. The van der Waals surface area contributed by atoms with Crippen LogP contribution in [0.5, 0.6) is 5.75 Å². The van der Waals surface area contributed by atoms with Gasteiger partial charge in [-0.15, -0.1) is 0 Å². The summed E-state index contributed by atoms with van der Waals surface area (Å²) in [7, 11) is -3.78. The maximum Gasteiger partial charge on any atom is 0.309 e. The highest BCUT2D eigenvalue weighted by molar-refractivity contribution is 7.92. The lowest BCUT2D eigenvalue weighted by atomic mass is 9.97. The number of carbonyl (C=O) groups is 2. The molecule has 1 saturated heterocycles. The summed E-state index contributed by atoms with van der Waals surface area (Å²) in [5, 5.41) is 0.113. The number of rotatable bonds is 7. The summed E-state index contributed by atoms with van der Waals surface area (Å²) in [4.78, 5) is 26.1. The number of piperidine rings is 1. The van der Waals surface area contributed by atoms with E-state index in [2.05, 4.69) is 0 Å². The molecular weight excluding hydrogens is 480 g/mol. The van der Waals surface area contributed by atoms with Gasteiger partial charge in [0.25, 0.3) is 15.9 Å². The number of amides is 1. The Bertz CT molecular complexity index is 1180. The zero-order valence-electron chi connectivity index (χ0n) is 18.9. The number of fused-ring (bicyclic) bond motifs is 1. The van der Waals surface area contributed by atoms with E-state index in [-0.39, 0.29) is 40.1 Å². The molecule has 0 bridgehead atoms. The molecule has 0 spiro atoms. The number of hydrogen-bond donors (Lipinski definition) is 0. The summed E-state index contributed by atoms with van der Waals surface area (Å²) in [5.41, 5.74) is 1.66. The highest BCUT2D eigenvalue weighted by Gasteiger charge is 2.31. The summed E-state index contributed by atoms with van der Waals surface area (Å²) >= 11 is 6.31. The Balaban J connectivity index is 1.36. The summed E-state index contributed by atoms with van der Waals surface area (Å²) in [5.74, 6) is -0.387. The first-order valence-electron chi connectivity index (χ1n) is 11.3. The van der Waals surface area contributed by atoms with E-state index < -0.39 is 10.0 Å². The van der Waals surface area contributed by atoms with Crippen molar-refractivity contribution in [2.45, 2.75) is 31.1 Å². The van der Waals surface area contributed by atoms with Crippen LogP contribution < -0.4 is 9.04 Å². The maximum absolute atomic E-state index is 13.2. The lowest BCUT2D eigenvalue weighted by Gasteiger charge is -2.30. The first kappa shape index (κ1) is 24.3. The van der Waals surface area contributed by atoms with E-state index in [1.807, 2.05) is 18.2 Å². The average molecular weight is 507 g/mol. The number of para-hydroxylation sites is 1. The Kier molecular flexibility index (Phi) is 7.33. The van der Waals surface area contributed by atoms with Gasteiger partial charge in [0.05, 0.1) is 28.1 Å². The van der Waals surface area contributed by atoms with Crippen LogP contribution in [-0.4, -0.2) is 58.0 Å². The average Bonchev–Trinajstić information content (AvgIpc) is 3.28. The van der Waals surface area contributed by atoms with Crippen molar-refractivity contribution in [2.24, 2.45) is 5.92 Å². The highest BCUT2D eigenvalue weighted by Crippen LogP contribution is 2.35. The maximum atomic E-state index is 13.2. The molecule has 0 unspecified atom stereocenters. The van der Waals surface area contributed by atoms with Crippen molar-refractivity contribution in [1.29, 1.82) is 0 Å². The molecule has 2 aromatic carbocycles. The number of likely N-dealkylation sites (tertiary alicyclic amines) is 1. The van der Waals surface area contributed by atoms with Crippen molar-refractivity contribution < 1.29 is 27.5 Å². The predicted molar refractivity (Wildman–Crippen MR) is 128 cm³/mol. The second-order valence-corrected chi connectivity index (χ2v) is 10.5. The first-order valence-corrected chi connectivity index (χ1v) is 13.1. The van der Waals surface area contributed by atoms with Gasteiger partial charge in [-0.2, -0.15) is 0 Å². The zero-order chi connectivity index (χ0) is 24.3. The Morgan fingerprint density at radius 2 is 1.82 bits per heavy atom. The number of carbonyl (C=O) groups excluding carboxylic acids is 2. The van der Waals surface area contributed by atoms with Gasteiger partial charge in [0.2, 0.25) is 0 Å². The Morgan fingerprint density at radius 3 is 2.53 bits per heavy atom. The molecule has 0 aliphatic carbocycles. The van der Waals surface area contributed by atoms with Gasteiger partial charge < -0.3 is 14.4 Å². The fourth-order valence-corrected chi connectivity index (χ4v) is 6.13. The molecular formula is C24H27ClN2O6S. The normalized spacial score (nSPS) is 16.3. The van der Waals surface area contributed by atoms with Crippen molar-refractivity contribution in [1.82, 2.24) is 4.90 Å². The molecule has 8 nitrogen and oxygen atoms in total. The van der Waals surface area contributed by atoms with Crippen LogP contribution in [0.1, 0.15) is 25.3 Å². The van der Waals surface area contributed by atoms with E-state index in [0.29, 0.717) is 51.2 Å². The molecule has 2 aromatic rings. The van der Waals surface area contributed by atoms with Crippen molar-refractivity contribution >= 4 is 39.2 Å². The molecule has 34 heavy (non-hydrogen) atoms. The number of hydrogen-bond acceptors (Lipinski definition) is 6. The molecule has 0 aromatic heterocycles. The quantitative estimate of drug-likeness (QED) is 0.535. The number of esters is 1. The summed E-state index contributed by atoms with van der Waals surface area (Å²) in [6, 6.07) is 11.7. The fourth-order valence-electron chi connectivity index (χ4n) is 4.30. The number of anilines is 1. The molecule has 1 amide bonds. The molecule has 0 radical (unpaired) electrons. The third-order valence-electron chi connectivity index (χ3n) is 6.15. The standard InChI is InChI=1S/C24H27ClN2O6S/c1-2-32-24(29)18-9-12-26(13-10-18)23(28)16-33-22-8-7-19(15-20(22)25)34(30,31)27-14-11-17-5-3-4-6-21(17)27/h3-8,15,18H,2,9-14,16H2,1H3. The number of nitrogens with zero attached hydrogens (tertiary/aromatic N) is 2. The number of halogens is 1. The van der Waals surface area contributed by atoms with Crippen LogP contribution >= 0.6 is 11.6 Å². The third kappa shape index (κ3) is 5.00. The van der Waals surface area contributed by atoms with Crippen LogP contribution in [0.25, 0.3) is 0 Å². The molecule has 2 aliphatic rings. The number of ether oxygens (including phenoxy) is 2. The van der Waals surface area contributed by atoms with Gasteiger partial charge in [-0.3, -0.25) is 13.9 Å². The lowest BCUT2D eigenvalue weighted by Crippen LogP contribution is -2.42. The molecule has 182 valence electrons. The first-order chi connectivity index (χ1) is 16.3. The molecule has 4 rings (SSSR count). The molecule has 2 aliphatic heterocycles. The van der Waals surface area contributed by atoms with Crippen molar-refractivity contribution in [2.75, 3.05) is 37.2 Å². The second kappa shape index (κ2) is 10.2. The number of benzene rings is 2. The molecule has 2 heterocycles. The largest absolute Gasteiger partial charge is 0.482 e. The lowest BCUT2D eigenvalue weighted by molar-refractivity contribution is -0.151. The molecule has 0 atom stereocenters. The minimum absolute atomic E-state index is 0.0638. The third-order valence-corrected chi connectivity index (χ3v) is 8.26. The van der Waals surface area contributed by atoms with Crippen LogP contribution in [0.2, 0.25) is 5.02 Å². The van der Waals surface area contributed by atoms with Crippen molar-refractivity contribution in [3.8, 4) is 5.75 Å².